The lowest BCUT2D eigenvalue weighted by Gasteiger charge is -2.23. The number of nitrogens with one attached hydrogen (secondary N) is 1. The molecule has 3 aromatic carbocycles. The number of esters is 1. The number of Topliss-reactive ketones (excluding diaryl/α,β-unsaturated/α-hetero) is 1. The van der Waals surface area contributed by atoms with Crippen molar-refractivity contribution in [3.05, 3.63) is 102 Å². The van der Waals surface area contributed by atoms with Gasteiger partial charge in [0.15, 0.2) is 5.78 Å². The van der Waals surface area contributed by atoms with Crippen LogP contribution in [0.25, 0.3) is 0 Å². The fourth-order valence-corrected chi connectivity index (χ4v) is 3.43. The highest BCUT2D eigenvalue weighted by Crippen LogP contribution is 2.17. The van der Waals surface area contributed by atoms with Gasteiger partial charge in [-0.3, -0.25) is 4.79 Å². The maximum Gasteiger partial charge on any atom is 0.408 e. The molecule has 0 aliphatic heterocycles. The highest BCUT2D eigenvalue weighted by atomic mass is 16.6. The van der Waals surface area contributed by atoms with Gasteiger partial charge in [0.05, 0.1) is 0 Å². The molecule has 3 aromatic rings. The Morgan fingerprint density at radius 1 is 0.784 bits per heavy atom. The summed E-state index contributed by atoms with van der Waals surface area (Å²) in [6.45, 7) is 5.67. The van der Waals surface area contributed by atoms with Crippen LogP contribution in [0.1, 0.15) is 55.1 Å². The highest BCUT2D eigenvalue weighted by molar-refractivity contribution is 5.96. The van der Waals surface area contributed by atoms with Crippen molar-refractivity contribution in [3.63, 3.8) is 0 Å². The molecule has 7 heteroatoms. The van der Waals surface area contributed by atoms with Gasteiger partial charge in [-0.15, -0.1) is 0 Å². The first-order valence-corrected chi connectivity index (χ1v) is 12.2. The van der Waals surface area contributed by atoms with Crippen LogP contribution >= 0.6 is 0 Å². The van der Waals surface area contributed by atoms with Crippen LogP contribution in [0.5, 0.6) is 5.75 Å². The fraction of sp³-hybridized carbons (Fsp3) is 0.300. The topological polar surface area (TPSA) is 90.9 Å². The summed E-state index contributed by atoms with van der Waals surface area (Å²) in [6.07, 6.45) is -0.648. The van der Waals surface area contributed by atoms with E-state index in [4.69, 9.17) is 14.2 Å². The molecule has 0 saturated carbocycles. The molecule has 194 valence electrons. The van der Waals surface area contributed by atoms with Gasteiger partial charge < -0.3 is 19.5 Å². The highest BCUT2D eigenvalue weighted by Gasteiger charge is 2.26. The van der Waals surface area contributed by atoms with Gasteiger partial charge in [-0.05, 0) is 62.6 Å². The molecule has 7 nitrogen and oxygen atoms in total. The second-order valence-corrected chi connectivity index (χ2v) is 9.55. The maximum atomic E-state index is 12.8. The van der Waals surface area contributed by atoms with Gasteiger partial charge in [0.1, 0.15) is 30.6 Å². The molecule has 1 atom stereocenters. The van der Waals surface area contributed by atoms with Crippen LogP contribution in [0.3, 0.4) is 0 Å². The number of hydrogen-bond acceptors (Lipinski definition) is 6. The molecule has 1 unspecified atom stereocenters. The number of rotatable bonds is 11. The van der Waals surface area contributed by atoms with Gasteiger partial charge >= 0.3 is 12.1 Å². The second kappa shape index (κ2) is 13.3. The zero-order valence-corrected chi connectivity index (χ0v) is 21.4. The summed E-state index contributed by atoms with van der Waals surface area (Å²) in [6, 6.07) is 24.8. The predicted molar refractivity (Wildman–Crippen MR) is 140 cm³/mol. The predicted octanol–water partition coefficient (Wildman–Crippen LogP) is 5.87. The first-order valence-electron chi connectivity index (χ1n) is 12.2. The Labute approximate surface area is 217 Å². The Morgan fingerprint density at radius 3 is 1.92 bits per heavy atom. The number of carbonyl (C=O) groups excluding carboxylic acids is 3. The Kier molecular flexibility index (Phi) is 9.84. The van der Waals surface area contributed by atoms with E-state index in [1.165, 1.54) is 0 Å². The minimum absolute atomic E-state index is 0.0329. The van der Waals surface area contributed by atoms with Crippen molar-refractivity contribution in [1.29, 1.82) is 0 Å². The molecule has 3 rings (SSSR count). The summed E-state index contributed by atoms with van der Waals surface area (Å²) in [5.74, 6) is -0.150. The van der Waals surface area contributed by atoms with E-state index in [0.29, 0.717) is 17.9 Å². The Morgan fingerprint density at radius 2 is 1.35 bits per heavy atom. The maximum absolute atomic E-state index is 12.8. The molecule has 37 heavy (non-hydrogen) atoms. The van der Waals surface area contributed by atoms with E-state index in [-0.39, 0.29) is 25.2 Å². The van der Waals surface area contributed by atoms with Crippen molar-refractivity contribution in [2.45, 2.75) is 58.5 Å². The second-order valence-electron chi connectivity index (χ2n) is 9.55. The fourth-order valence-electron chi connectivity index (χ4n) is 3.43. The molecule has 1 N–H and O–H groups in total. The van der Waals surface area contributed by atoms with Crippen molar-refractivity contribution in [1.82, 2.24) is 5.32 Å². The smallest absolute Gasteiger partial charge is 0.408 e. The zero-order valence-electron chi connectivity index (χ0n) is 21.4. The first kappa shape index (κ1) is 27.5. The van der Waals surface area contributed by atoms with E-state index in [9.17, 15) is 14.4 Å². The monoisotopic (exact) mass is 503 g/mol. The van der Waals surface area contributed by atoms with Gasteiger partial charge in [-0.1, -0.05) is 60.7 Å². The normalized spacial score (nSPS) is 11.8. The van der Waals surface area contributed by atoms with Crippen molar-refractivity contribution in [3.8, 4) is 5.75 Å². The number of ether oxygens (including phenoxy) is 3. The lowest BCUT2D eigenvalue weighted by molar-refractivity contribution is -0.147. The largest absolute Gasteiger partial charge is 0.489 e. The molecule has 0 spiro atoms. The Bertz CT molecular complexity index is 1150. The third kappa shape index (κ3) is 9.80. The molecule has 0 radical (unpaired) electrons. The first-order chi connectivity index (χ1) is 17.7. The molecule has 0 aromatic heterocycles. The molecule has 0 bridgehead atoms. The van der Waals surface area contributed by atoms with E-state index in [0.717, 1.165) is 11.1 Å². The summed E-state index contributed by atoms with van der Waals surface area (Å²) in [4.78, 5) is 37.9. The van der Waals surface area contributed by atoms with Crippen LogP contribution in [-0.2, 0) is 27.5 Å². The number of alkyl carbamates (subject to hydrolysis) is 1. The number of benzene rings is 3. The van der Waals surface area contributed by atoms with Gasteiger partial charge in [-0.25, -0.2) is 9.59 Å². The number of ketones is 1. The zero-order chi connectivity index (χ0) is 26.7. The molecule has 1 amide bonds. The van der Waals surface area contributed by atoms with Crippen molar-refractivity contribution >= 4 is 17.8 Å². The van der Waals surface area contributed by atoms with E-state index in [1.807, 2.05) is 60.7 Å². The molecule has 0 heterocycles. The molecule has 0 aliphatic rings. The molecular formula is C30H33NO6. The summed E-state index contributed by atoms with van der Waals surface area (Å²) < 4.78 is 16.5. The third-order valence-corrected chi connectivity index (χ3v) is 5.28. The SMILES string of the molecule is CC(C)(C)OC(=O)NC(CCC(=O)c1ccc(OCc2ccccc2)cc1)C(=O)OCc1ccccc1. The summed E-state index contributed by atoms with van der Waals surface area (Å²) in [5, 5.41) is 2.55. The summed E-state index contributed by atoms with van der Waals surface area (Å²) in [7, 11) is 0. The Balaban J connectivity index is 1.57. The Hall–Kier alpha value is -4.13. The number of carbonyl (C=O) groups is 3. The van der Waals surface area contributed by atoms with Crippen LogP contribution in [0.15, 0.2) is 84.9 Å². The summed E-state index contributed by atoms with van der Waals surface area (Å²) >= 11 is 0. The van der Waals surface area contributed by atoms with E-state index < -0.39 is 23.7 Å². The average molecular weight is 504 g/mol. The lowest BCUT2D eigenvalue weighted by Crippen LogP contribution is -2.44. The van der Waals surface area contributed by atoms with Crippen LogP contribution < -0.4 is 10.1 Å². The van der Waals surface area contributed by atoms with Crippen molar-refractivity contribution in [2.75, 3.05) is 0 Å². The molecular weight excluding hydrogens is 470 g/mol. The van der Waals surface area contributed by atoms with Crippen LogP contribution in [0.4, 0.5) is 4.79 Å². The lowest BCUT2D eigenvalue weighted by atomic mass is 10.0. The summed E-state index contributed by atoms with van der Waals surface area (Å²) in [5.41, 5.74) is 1.62. The van der Waals surface area contributed by atoms with Crippen LogP contribution in [0.2, 0.25) is 0 Å². The van der Waals surface area contributed by atoms with E-state index in [2.05, 4.69) is 5.32 Å². The van der Waals surface area contributed by atoms with Gasteiger partial charge in [-0.2, -0.15) is 0 Å². The molecule has 0 aliphatic carbocycles. The molecule has 0 saturated heterocycles. The minimum Gasteiger partial charge on any atom is -0.489 e. The third-order valence-electron chi connectivity index (χ3n) is 5.28. The van der Waals surface area contributed by atoms with Crippen LogP contribution in [0, 0.1) is 0 Å². The van der Waals surface area contributed by atoms with Gasteiger partial charge in [0.25, 0.3) is 0 Å². The van der Waals surface area contributed by atoms with Gasteiger partial charge in [0.2, 0.25) is 0 Å². The van der Waals surface area contributed by atoms with Crippen molar-refractivity contribution < 1.29 is 28.6 Å². The van der Waals surface area contributed by atoms with E-state index >= 15 is 0 Å². The number of amides is 1. The quantitative estimate of drug-likeness (QED) is 0.260. The van der Waals surface area contributed by atoms with E-state index in [1.54, 1.807) is 45.0 Å². The average Bonchev–Trinajstić information content (AvgIpc) is 2.88. The van der Waals surface area contributed by atoms with Gasteiger partial charge in [0, 0.05) is 12.0 Å². The number of hydrogen-bond donors (Lipinski definition) is 1. The molecule has 0 fully saturated rings. The van der Waals surface area contributed by atoms with Crippen molar-refractivity contribution in [2.24, 2.45) is 0 Å². The van der Waals surface area contributed by atoms with Crippen LogP contribution in [-0.4, -0.2) is 29.5 Å². The standard InChI is InChI=1S/C30H33NO6/c1-30(2,3)37-29(34)31-26(28(33)36-21-23-12-8-5-9-13-23)18-19-27(32)24-14-16-25(17-15-24)35-20-22-10-6-4-7-11-22/h4-17,26H,18-21H2,1-3H3,(H,31,34). The minimum atomic E-state index is -1.03.